The fraction of sp³-hybridized carbons (Fsp3) is 0.685. The van der Waals surface area contributed by atoms with Gasteiger partial charge in [-0.05, 0) is 132 Å². The number of aryl methyl sites for hydroxylation is 1. The van der Waals surface area contributed by atoms with Crippen LogP contribution in [-0.4, -0.2) is 238 Å². The maximum absolute atomic E-state index is 15.5. The van der Waals surface area contributed by atoms with Crippen molar-refractivity contribution < 1.29 is 83.8 Å². The summed E-state index contributed by atoms with van der Waals surface area (Å²) >= 11 is 6.16. The molecule has 0 unspecified atom stereocenters. The smallest absolute Gasteiger partial charge is 0.377 e. The van der Waals surface area contributed by atoms with Crippen LogP contribution in [0.15, 0.2) is 42.5 Å². The predicted molar refractivity (Wildman–Crippen MR) is 371 cm³/mol. The van der Waals surface area contributed by atoms with Crippen LogP contribution in [-0.2, 0) is 82.7 Å². The molecule has 0 aromatic heterocycles. The Morgan fingerprint density at radius 1 is 0.660 bits per heavy atom. The summed E-state index contributed by atoms with van der Waals surface area (Å²) in [6.45, 7) is 12.6. The van der Waals surface area contributed by atoms with Crippen LogP contribution < -0.4 is 16.0 Å². The summed E-state index contributed by atoms with van der Waals surface area (Å²) in [7, 11) is 7.14. The first-order valence-electron chi connectivity index (χ1n) is 36.1. The summed E-state index contributed by atoms with van der Waals surface area (Å²) in [5.74, 6) is -8.72. The molecule has 0 radical (unpaired) electrons. The van der Waals surface area contributed by atoms with Crippen LogP contribution in [0.1, 0.15) is 168 Å². The number of nitrogens with zero attached hydrogens (tertiary/aromatic N) is 8. The van der Waals surface area contributed by atoms with Crippen molar-refractivity contribution in [3.8, 4) is 0 Å². The van der Waals surface area contributed by atoms with Crippen LogP contribution in [0.5, 0.6) is 0 Å². The van der Waals surface area contributed by atoms with Gasteiger partial charge in [-0.25, -0.2) is 0 Å². The Bertz CT molecular complexity index is 3410. The molecule has 2 saturated carbocycles. The summed E-state index contributed by atoms with van der Waals surface area (Å²) in [5.41, 5.74) is -3.33. The summed E-state index contributed by atoms with van der Waals surface area (Å²) in [6, 6.07) is -4.30. The summed E-state index contributed by atoms with van der Waals surface area (Å²) in [4.78, 5) is 175. The minimum atomic E-state index is -4.81. The van der Waals surface area contributed by atoms with E-state index in [0.29, 0.717) is 32.1 Å². The molecule has 103 heavy (non-hydrogen) atoms. The lowest BCUT2D eigenvalue weighted by Gasteiger charge is -2.45. The fourth-order valence-corrected chi connectivity index (χ4v) is 15.3. The van der Waals surface area contributed by atoms with E-state index >= 15 is 28.8 Å². The fourth-order valence-electron chi connectivity index (χ4n) is 15.0. The summed E-state index contributed by atoms with van der Waals surface area (Å²) in [6.07, 6.45) is -6.95. The molecule has 23 nitrogen and oxygen atoms in total. The van der Waals surface area contributed by atoms with Gasteiger partial charge in [-0.3, -0.25) is 52.7 Å². The number of hydrogen-bond donors (Lipinski definition) is 3. The van der Waals surface area contributed by atoms with Crippen molar-refractivity contribution in [1.29, 1.82) is 0 Å². The monoisotopic (exact) mass is 1480 g/mol. The van der Waals surface area contributed by atoms with E-state index in [-0.39, 0.29) is 101 Å². The molecule has 3 heterocycles. The van der Waals surface area contributed by atoms with Gasteiger partial charge in [-0.1, -0.05) is 89.6 Å². The van der Waals surface area contributed by atoms with Crippen LogP contribution in [0.2, 0.25) is 5.02 Å². The van der Waals surface area contributed by atoms with Gasteiger partial charge in [0.15, 0.2) is 0 Å². The molecule has 11 amide bonds. The zero-order valence-corrected chi connectivity index (χ0v) is 62.3. The van der Waals surface area contributed by atoms with Crippen LogP contribution in [0.4, 0.5) is 26.3 Å². The number of benzene rings is 2. The molecule has 2 aliphatic carbocycles. The number of alkyl halides is 6. The highest BCUT2D eigenvalue weighted by Gasteiger charge is 2.53. The number of nitrogens with one attached hydrogen (secondary N) is 3. The number of rotatable bonds is 13. The Labute approximate surface area is 605 Å². The molecule has 0 bridgehead atoms. The highest BCUT2D eigenvalue weighted by molar-refractivity contribution is 6.31. The third-order valence-corrected chi connectivity index (χ3v) is 22.1. The first-order valence-corrected chi connectivity index (χ1v) is 36.5. The molecule has 1 spiro atoms. The van der Waals surface area contributed by atoms with Crippen molar-refractivity contribution in [3.63, 3.8) is 0 Å². The Kier molecular flexibility index (Phi) is 28.1. The first-order chi connectivity index (χ1) is 48.3. The van der Waals surface area contributed by atoms with E-state index in [9.17, 15) is 50.3 Å². The maximum atomic E-state index is 15.5. The summed E-state index contributed by atoms with van der Waals surface area (Å²) < 4.78 is 89.6. The van der Waals surface area contributed by atoms with E-state index in [1.165, 1.54) is 66.5 Å². The standard InChI is InChI=1S/C73H104ClF6N11O12/c1-14-43(6)60-68(100)86(11)45(8)64(96)90-34-31-54(90)67(99)89(15-2)57(38-47-23-27-49(28-24-47)72(75,76)77)66(98)84(9)41-58(92)81-53(30-26-46-25-29-51(52(74)37-46)73(78,79)80)65(97)91-40-50(103-16-3)39-56(91)63(95)83-71(32-19-20-33-71)70(102)88(13)61(48-21-17-18-22-48)69(101)85(10)44(7)36-59(93)87(12)55(35-42(4)5)62(94)82-60/h23-25,27-29,37,42-45,48,50,53-57,60-61H,14-22,26,30-36,38-41H2,1-13H3,(H,81,92)(H,82,94)(H,83,95)/t43-,44+,45-,50+,53-,54-,55-,56-,57-,60-,61-/m0/s1. The Morgan fingerprint density at radius 3 is 1.84 bits per heavy atom. The van der Waals surface area contributed by atoms with Gasteiger partial charge in [0.1, 0.15) is 53.9 Å². The van der Waals surface area contributed by atoms with Crippen molar-refractivity contribution in [1.82, 2.24) is 55.1 Å². The van der Waals surface area contributed by atoms with Crippen molar-refractivity contribution in [2.45, 2.75) is 236 Å². The van der Waals surface area contributed by atoms with Crippen LogP contribution >= 0.6 is 11.6 Å². The maximum Gasteiger partial charge on any atom is 0.417 e. The molecule has 2 aromatic carbocycles. The van der Waals surface area contributed by atoms with Crippen molar-refractivity contribution in [2.24, 2.45) is 17.8 Å². The van der Waals surface area contributed by atoms with E-state index in [1.807, 2.05) is 20.8 Å². The number of ether oxygens (including phenoxy) is 1. The molecule has 3 aliphatic heterocycles. The molecule has 7 rings (SSSR count). The number of halogens is 7. The van der Waals surface area contributed by atoms with Gasteiger partial charge in [0, 0.05) is 86.8 Å². The molecule has 2 aromatic rings. The van der Waals surface area contributed by atoms with Gasteiger partial charge in [0.05, 0.1) is 28.8 Å². The molecule has 11 atom stereocenters. The average Bonchev–Trinajstić information content (AvgIpc) is 1.77. The molecular weight excluding hydrogens is 1370 g/mol. The molecule has 3 N–H and O–H groups in total. The number of carbonyl (C=O) groups excluding carboxylic acids is 11. The molecule has 30 heteroatoms. The topological polar surface area (TPSA) is 259 Å². The normalized spacial score (nSPS) is 27.2. The Hall–Kier alpha value is -7.56. The van der Waals surface area contributed by atoms with Crippen LogP contribution in [0.3, 0.4) is 0 Å². The van der Waals surface area contributed by atoms with Gasteiger partial charge in [0.25, 0.3) is 0 Å². The van der Waals surface area contributed by atoms with E-state index in [0.717, 1.165) is 70.0 Å². The minimum absolute atomic E-state index is 0.0294. The van der Waals surface area contributed by atoms with Crippen molar-refractivity contribution in [3.05, 3.63) is 69.7 Å². The molecular formula is C73H104ClF6N11O12. The lowest BCUT2D eigenvalue weighted by molar-refractivity contribution is -0.160. The number of hydrogen-bond acceptors (Lipinski definition) is 12. The Morgan fingerprint density at radius 2 is 1.29 bits per heavy atom. The quantitative estimate of drug-likeness (QED) is 0.167. The van der Waals surface area contributed by atoms with E-state index < -0.39 is 178 Å². The van der Waals surface area contributed by atoms with Gasteiger partial charge < -0.3 is 59.9 Å². The highest BCUT2D eigenvalue weighted by Crippen LogP contribution is 2.39. The largest absolute Gasteiger partial charge is 0.417 e. The second kappa shape index (κ2) is 35.0. The molecule has 5 aliphatic rings. The van der Waals surface area contributed by atoms with E-state index in [2.05, 4.69) is 16.0 Å². The second-order valence-corrected chi connectivity index (χ2v) is 29.6. The zero-order chi connectivity index (χ0) is 76.5. The molecule has 572 valence electrons. The number of likely N-dealkylation sites (N-methyl/N-ethyl adjacent to an activating group) is 6. The van der Waals surface area contributed by atoms with Crippen molar-refractivity contribution >= 4 is 76.6 Å². The third-order valence-electron chi connectivity index (χ3n) is 21.8. The minimum Gasteiger partial charge on any atom is -0.377 e. The van der Waals surface area contributed by atoms with E-state index in [1.54, 1.807) is 27.8 Å². The van der Waals surface area contributed by atoms with Crippen LogP contribution in [0.25, 0.3) is 0 Å². The molecule has 5 fully saturated rings. The zero-order valence-electron chi connectivity index (χ0n) is 61.5. The second-order valence-electron chi connectivity index (χ2n) is 29.2. The Balaban J connectivity index is 1.31. The molecule has 3 saturated heterocycles. The average molecular weight is 1480 g/mol. The number of fused-ring (bicyclic) bond motifs is 2. The lowest BCUT2D eigenvalue weighted by Crippen LogP contribution is -2.65. The highest BCUT2D eigenvalue weighted by atomic mass is 35.5. The van der Waals surface area contributed by atoms with Gasteiger partial charge >= 0.3 is 12.4 Å². The van der Waals surface area contributed by atoms with E-state index in [4.69, 9.17) is 16.3 Å². The van der Waals surface area contributed by atoms with Gasteiger partial charge in [-0.2, -0.15) is 26.3 Å². The van der Waals surface area contributed by atoms with Gasteiger partial charge in [-0.15, -0.1) is 0 Å². The number of carbonyl (C=O) groups is 11. The van der Waals surface area contributed by atoms with Gasteiger partial charge in [0.2, 0.25) is 65.0 Å². The summed E-state index contributed by atoms with van der Waals surface area (Å²) in [5, 5.41) is 8.00. The lowest BCUT2D eigenvalue weighted by atomic mass is 9.90. The van der Waals surface area contributed by atoms with Crippen LogP contribution in [0, 0.1) is 17.8 Å². The SMILES string of the molecule is CCO[C@@H]1C[C@H]2C(=O)NC3(CCCC3)C(=O)N(C)[C@@H](C3CCCC3)C(=O)N(C)[C@H](C)CC(=O)N(C)[C@@H](CC(C)C)C(=O)N[C@@H]([C@@H](C)CC)C(=O)N(C)[C@@H](C)C(=O)N3CC[C@H]3C(=O)N(CC)[C@@H](Cc3ccc(C(F)(F)F)cc3)C(=O)N(C)CC(=O)N[C@@H](CCc3ccc(C(F)(F)F)c(Cl)c3)C(=O)N2C1. The first kappa shape index (κ1) is 82.7. The predicted octanol–water partition coefficient (Wildman–Crippen LogP) is 7.27. The third kappa shape index (κ3) is 19.5. The number of amides is 11. The van der Waals surface area contributed by atoms with Crippen molar-refractivity contribution in [2.75, 3.05) is 68.0 Å².